The lowest BCUT2D eigenvalue weighted by Gasteiger charge is -2.05. The van der Waals surface area contributed by atoms with E-state index in [1.165, 1.54) is 11.1 Å². The molecule has 0 aliphatic heterocycles. The van der Waals surface area contributed by atoms with Crippen LogP contribution in [0.25, 0.3) is 22.4 Å². The first-order valence-corrected chi connectivity index (χ1v) is 8.01. The summed E-state index contributed by atoms with van der Waals surface area (Å²) in [4.78, 5) is 13.9. The Hall–Kier alpha value is -3.07. The largest absolute Gasteiger partial charge is 0.249 e. The van der Waals surface area contributed by atoms with Gasteiger partial charge in [0.05, 0.1) is 5.52 Å². The number of aryl methyl sites for hydroxylation is 1. The van der Waals surface area contributed by atoms with Crippen molar-refractivity contribution in [3.63, 3.8) is 0 Å². The zero-order valence-electron chi connectivity index (χ0n) is 13.5. The average Bonchev–Trinajstić information content (AvgIpc) is 2.62. The second-order valence-corrected chi connectivity index (χ2v) is 5.93. The summed E-state index contributed by atoms with van der Waals surface area (Å²) < 4.78 is 0. The summed E-state index contributed by atoms with van der Waals surface area (Å²) in [5.41, 5.74) is 5.23. The van der Waals surface area contributed by atoms with E-state index in [1.807, 2.05) is 48.7 Å². The molecular weight excluding hydrogens is 294 g/mol. The number of hydrogen-bond donors (Lipinski definition) is 0. The maximum Gasteiger partial charge on any atom is 0.178 e. The van der Waals surface area contributed by atoms with Crippen LogP contribution in [0.5, 0.6) is 0 Å². The standard InChI is InChI=1S/C21H17N3/c1-15-10-11-19-17(12-15)14-22-21(24-19)20-9-5-8-18(23-20)13-16-6-3-2-4-7-16/h2-12,14H,13H2,1H3. The van der Waals surface area contributed by atoms with Crippen molar-refractivity contribution in [2.45, 2.75) is 13.3 Å². The molecule has 0 spiro atoms. The van der Waals surface area contributed by atoms with Gasteiger partial charge in [0.1, 0.15) is 5.69 Å². The normalized spacial score (nSPS) is 10.9. The van der Waals surface area contributed by atoms with Gasteiger partial charge in [0.25, 0.3) is 0 Å². The molecular formula is C21H17N3. The van der Waals surface area contributed by atoms with E-state index in [9.17, 15) is 0 Å². The van der Waals surface area contributed by atoms with Crippen molar-refractivity contribution in [2.24, 2.45) is 0 Å². The number of aromatic nitrogens is 3. The minimum absolute atomic E-state index is 0.668. The highest BCUT2D eigenvalue weighted by atomic mass is 14.9. The molecule has 0 amide bonds. The maximum absolute atomic E-state index is 4.74. The third-order valence-electron chi connectivity index (χ3n) is 4.00. The molecule has 0 atom stereocenters. The van der Waals surface area contributed by atoms with Crippen LogP contribution in [-0.4, -0.2) is 15.0 Å². The first-order valence-electron chi connectivity index (χ1n) is 8.01. The number of pyridine rings is 1. The summed E-state index contributed by atoms with van der Waals surface area (Å²) in [5, 5.41) is 1.05. The van der Waals surface area contributed by atoms with Crippen LogP contribution in [0, 0.1) is 6.92 Å². The summed E-state index contributed by atoms with van der Waals surface area (Å²) >= 11 is 0. The molecule has 4 aromatic rings. The smallest absolute Gasteiger partial charge is 0.178 e. The van der Waals surface area contributed by atoms with Crippen molar-refractivity contribution in [1.82, 2.24) is 15.0 Å². The SMILES string of the molecule is Cc1ccc2nc(-c3cccc(Cc4ccccc4)n3)ncc2c1. The topological polar surface area (TPSA) is 38.7 Å². The van der Waals surface area contributed by atoms with Crippen LogP contribution >= 0.6 is 0 Å². The molecule has 0 saturated heterocycles. The second-order valence-electron chi connectivity index (χ2n) is 5.93. The summed E-state index contributed by atoms with van der Waals surface area (Å²) in [6.07, 6.45) is 2.68. The summed E-state index contributed by atoms with van der Waals surface area (Å²) in [6.45, 7) is 2.07. The van der Waals surface area contributed by atoms with E-state index >= 15 is 0 Å². The lowest BCUT2D eigenvalue weighted by molar-refractivity contribution is 1.06. The summed E-state index contributed by atoms with van der Waals surface area (Å²) in [7, 11) is 0. The molecule has 0 aliphatic rings. The van der Waals surface area contributed by atoms with Crippen LogP contribution in [0.15, 0.2) is 72.9 Å². The predicted molar refractivity (Wildman–Crippen MR) is 96.8 cm³/mol. The van der Waals surface area contributed by atoms with Crippen LogP contribution in [0.4, 0.5) is 0 Å². The molecule has 0 fully saturated rings. The van der Waals surface area contributed by atoms with E-state index in [1.54, 1.807) is 0 Å². The highest BCUT2D eigenvalue weighted by Gasteiger charge is 2.06. The van der Waals surface area contributed by atoms with Crippen LogP contribution < -0.4 is 0 Å². The van der Waals surface area contributed by atoms with Crippen molar-refractivity contribution in [1.29, 1.82) is 0 Å². The molecule has 2 aromatic heterocycles. The van der Waals surface area contributed by atoms with Crippen molar-refractivity contribution >= 4 is 10.9 Å². The Morgan fingerprint density at radius 1 is 0.833 bits per heavy atom. The van der Waals surface area contributed by atoms with Gasteiger partial charge < -0.3 is 0 Å². The molecule has 0 unspecified atom stereocenters. The van der Waals surface area contributed by atoms with Gasteiger partial charge >= 0.3 is 0 Å². The fraction of sp³-hybridized carbons (Fsp3) is 0.0952. The van der Waals surface area contributed by atoms with E-state index in [4.69, 9.17) is 4.98 Å². The van der Waals surface area contributed by atoms with Gasteiger partial charge in [0, 0.05) is 23.7 Å². The van der Waals surface area contributed by atoms with Crippen molar-refractivity contribution in [2.75, 3.05) is 0 Å². The van der Waals surface area contributed by atoms with Crippen LogP contribution in [0.3, 0.4) is 0 Å². The molecule has 116 valence electrons. The minimum Gasteiger partial charge on any atom is -0.249 e. The van der Waals surface area contributed by atoms with Gasteiger partial charge in [-0.2, -0.15) is 0 Å². The molecule has 0 aliphatic carbocycles. The van der Waals surface area contributed by atoms with E-state index in [-0.39, 0.29) is 0 Å². The number of fused-ring (bicyclic) bond motifs is 1. The molecule has 0 N–H and O–H groups in total. The highest BCUT2D eigenvalue weighted by Crippen LogP contribution is 2.19. The Kier molecular flexibility index (Phi) is 3.75. The Labute approximate surface area is 141 Å². The van der Waals surface area contributed by atoms with E-state index in [2.05, 4.69) is 41.2 Å². The Bertz CT molecular complexity index is 994. The van der Waals surface area contributed by atoms with Crippen molar-refractivity contribution in [3.8, 4) is 11.5 Å². The fourth-order valence-electron chi connectivity index (χ4n) is 2.78. The molecule has 2 heterocycles. The Morgan fingerprint density at radius 3 is 2.58 bits per heavy atom. The van der Waals surface area contributed by atoms with Crippen LogP contribution in [0.1, 0.15) is 16.8 Å². The monoisotopic (exact) mass is 311 g/mol. The van der Waals surface area contributed by atoms with Gasteiger partial charge in [-0.25, -0.2) is 15.0 Å². The highest BCUT2D eigenvalue weighted by molar-refractivity contribution is 5.79. The lowest BCUT2D eigenvalue weighted by Crippen LogP contribution is -1.97. The molecule has 24 heavy (non-hydrogen) atoms. The number of hydrogen-bond acceptors (Lipinski definition) is 3. The number of rotatable bonds is 3. The molecule has 0 bridgehead atoms. The van der Waals surface area contributed by atoms with Crippen molar-refractivity contribution < 1.29 is 0 Å². The van der Waals surface area contributed by atoms with Gasteiger partial charge in [-0.15, -0.1) is 0 Å². The lowest BCUT2D eigenvalue weighted by atomic mass is 10.1. The molecule has 2 aromatic carbocycles. The summed E-state index contributed by atoms with van der Waals surface area (Å²) in [5.74, 6) is 0.668. The fourth-order valence-corrected chi connectivity index (χ4v) is 2.78. The average molecular weight is 311 g/mol. The quantitative estimate of drug-likeness (QED) is 0.555. The van der Waals surface area contributed by atoms with Gasteiger partial charge in [-0.1, -0.05) is 48.0 Å². The second kappa shape index (κ2) is 6.20. The van der Waals surface area contributed by atoms with Crippen LogP contribution in [0.2, 0.25) is 0 Å². The summed E-state index contributed by atoms with van der Waals surface area (Å²) in [6, 6.07) is 22.6. The number of benzene rings is 2. The van der Waals surface area contributed by atoms with E-state index < -0.39 is 0 Å². The minimum atomic E-state index is 0.668. The van der Waals surface area contributed by atoms with Gasteiger partial charge in [-0.05, 0) is 36.8 Å². The molecule has 3 heteroatoms. The number of nitrogens with zero attached hydrogens (tertiary/aromatic N) is 3. The van der Waals surface area contributed by atoms with E-state index in [0.29, 0.717) is 5.82 Å². The molecule has 4 rings (SSSR count). The maximum atomic E-state index is 4.74. The van der Waals surface area contributed by atoms with E-state index in [0.717, 1.165) is 28.7 Å². The molecule has 0 saturated carbocycles. The third-order valence-corrected chi connectivity index (χ3v) is 4.00. The van der Waals surface area contributed by atoms with Gasteiger partial charge in [0.15, 0.2) is 5.82 Å². The predicted octanol–water partition coefficient (Wildman–Crippen LogP) is 4.59. The zero-order valence-corrected chi connectivity index (χ0v) is 13.5. The van der Waals surface area contributed by atoms with Gasteiger partial charge in [-0.3, -0.25) is 0 Å². The molecule has 0 radical (unpaired) electrons. The first-order chi connectivity index (χ1) is 11.8. The Morgan fingerprint density at radius 2 is 1.71 bits per heavy atom. The first kappa shape index (κ1) is 14.5. The Balaban J connectivity index is 1.69. The molecule has 3 nitrogen and oxygen atoms in total. The van der Waals surface area contributed by atoms with Crippen LogP contribution in [-0.2, 0) is 6.42 Å². The third kappa shape index (κ3) is 3.01. The van der Waals surface area contributed by atoms with Gasteiger partial charge in [0.2, 0.25) is 0 Å². The zero-order chi connectivity index (χ0) is 16.4. The van der Waals surface area contributed by atoms with Crippen molar-refractivity contribution in [3.05, 3.63) is 89.7 Å².